The zero-order valence-electron chi connectivity index (χ0n) is 79.8. The number of nitriles is 1. The summed E-state index contributed by atoms with van der Waals surface area (Å²) in [5, 5.41) is 45.4. The number of aliphatic carboxylic acids is 1. The van der Waals surface area contributed by atoms with Crippen LogP contribution in [0.1, 0.15) is 109 Å². The van der Waals surface area contributed by atoms with E-state index in [1.165, 1.54) is 91.0 Å². The first-order valence-corrected chi connectivity index (χ1v) is 44.9. The number of carbonyl (C=O) groups is 7. The van der Waals surface area contributed by atoms with Crippen LogP contribution in [0.25, 0.3) is 78.2 Å². The summed E-state index contributed by atoms with van der Waals surface area (Å²) >= 11 is 0. The van der Waals surface area contributed by atoms with Gasteiger partial charge in [0.1, 0.15) is 75.8 Å². The van der Waals surface area contributed by atoms with E-state index in [4.69, 9.17) is 47.3 Å². The number of benzene rings is 14. The highest BCUT2D eigenvalue weighted by atomic mass is 19.1. The van der Waals surface area contributed by atoms with E-state index in [2.05, 4.69) is 36.2 Å². The number of aliphatic hydroxyl groups excluding tert-OH is 1. The molecule has 3 aromatic heterocycles. The van der Waals surface area contributed by atoms with E-state index in [0.29, 0.717) is 82.9 Å². The van der Waals surface area contributed by atoms with Crippen LogP contribution in [0, 0.1) is 46.2 Å². The topological polar surface area (TPSA) is 447 Å². The van der Waals surface area contributed by atoms with Crippen molar-refractivity contribution >= 4 is 121 Å². The van der Waals surface area contributed by atoms with Crippen molar-refractivity contribution in [1.82, 2.24) is 20.3 Å². The van der Waals surface area contributed by atoms with Crippen molar-refractivity contribution in [3.8, 4) is 39.4 Å². The number of halogens is 6. The number of carboxylic acids is 1. The van der Waals surface area contributed by atoms with E-state index in [9.17, 15) is 74.3 Å². The molecule has 3 heterocycles. The largest absolute Gasteiger partial charge is 0.478 e. The average Bonchev–Trinajstić information content (AvgIpc) is 0.774. The molecule has 26 nitrogen and oxygen atoms in total. The Hall–Kier alpha value is -19.1. The number of ether oxygens (including phenoxy) is 2. The van der Waals surface area contributed by atoms with Gasteiger partial charge in [0, 0.05) is 108 Å². The van der Waals surface area contributed by atoms with Crippen LogP contribution >= 0.6 is 0 Å². The Labute approximate surface area is 846 Å². The number of anilines is 6. The molecule has 0 atom stereocenters. The third kappa shape index (κ3) is 33.8. The van der Waals surface area contributed by atoms with Crippen molar-refractivity contribution in [1.29, 1.82) is 5.26 Å². The monoisotopic (exact) mass is 2000 g/mol. The smallest absolute Gasteiger partial charge is 0.412 e. The van der Waals surface area contributed by atoms with Gasteiger partial charge in [-0.1, -0.05) is 243 Å². The number of amides is 4. The number of aromatic nitrogens is 3. The van der Waals surface area contributed by atoms with Gasteiger partial charge in [0.05, 0.1) is 11.3 Å². The maximum atomic E-state index is 13.9. The number of pyridine rings is 3. The van der Waals surface area contributed by atoms with Gasteiger partial charge >= 0.3 is 18.2 Å². The van der Waals surface area contributed by atoms with Crippen LogP contribution in [0.3, 0.4) is 0 Å². The van der Waals surface area contributed by atoms with Gasteiger partial charge in [0.2, 0.25) is 11.8 Å². The van der Waals surface area contributed by atoms with Gasteiger partial charge in [-0.25, -0.2) is 40.7 Å². The van der Waals surface area contributed by atoms with Gasteiger partial charge in [0.25, 0.3) is 16.7 Å². The third-order valence-corrected chi connectivity index (χ3v) is 20.3. The molecule has 0 unspecified atom stereocenters. The molecule has 0 fully saturated rings. The van der Waals surface area contributed by atoms with Gasteiger partial charge < -0.3 is 72.9 Å². The predicted octanol–water partition coefficient (Wildman–Crippen LogP) is 23.7. The van der Waals surface area contributed by atoms with E-state index in [-0.39, 0.29) is 76.0 Å². The molecule has 0 saturated carbocycles. The number of ketones is 2. The number of H-pyrrole nitrogens is 3. The quantitative estimate of drug-likeness (QED) is 0.0132. The Morgan fingerprint density at radius 2 is 0.748 bits per heavy atom. The summed E-state index contributed by atoms with van der Waals surface area (Å²) < 4.78 is 90.5. The van der Waals surface area contributed by atoms with E-state index in [1.54, 1.807) is 163 Å². The molecular weight excluding hydrogens is 1890 g/mol. The van der Waals surface area contributed by atoms with Gasteiger partial charge in [-0.2, -0.15) is 5.26 Å². The number of aliphatic hydroxyl groups is 2. The van der Waals surface area contributed by atoms with Crippen LogP contribution in [0.4, 0.5) is 70.1 Å². The highest BCUT2D eigenvalue weighted by Crippen LogP contribution is 2.37. The molecule has 32 heteroatoms. The van der Waals surface area contributed by atoms with Gasteiger partial charge in [-0.15, -0.1) is 0 Å². The summed E-state index contributed by atoms with van der Waals surface area (Å²) in [6.07, 6.45) is 2.86. The van der Waals surface area contributed by atoms with Crippen molar-refractivity contribution < 1.29 is 91.8 Å². The lowest BCUT2D eigenvalue weighted by molar-refractivity contribution is -0.131. The van der Waals surface area contributed by atoms with E-state index < -0.39 is 93.5 Å². The lowest BCUT2D eigenvalue weighted by Crippen LogP contribution is -2.37. The number of hydrogen-bond donors (Lipinski definition) is 13. The van der Waals surface area contributed by atoms with E-state index in [1.807, 2.05) is 140 Å². The molecule has 0 aliphatic rings. The summed E-state index contributed by atoms with van der Waals surface area (Å²) in [5.41, 5.74) is 23.8. The molecule has 0 radical (unpaired) electrons. The van der Waals surface area contributed by atoms with Crippen LogP contribution in [-0.2, 0) is 23.9 Å². The van der Waals surface area contributed by atoms with Crippen molar-refractivity contribution in [3.63, 3.8) is 0 Å². The molecule has 147 heavy (non-hydrogen) atoms. The molecule has 0 aliphatic heterocycles. The lowest BCUT2D eigenvalue weighted by Gasteiger charge is -2.20. The normalized spacial score (nSPS) is 10.7. The SMILES string of the molecule is CC(C)(C)OC(=O)NCC(=O)Nc1ccc(F)cc1C(=O)c1ccccc1.CC(C)(C)OC(=O)Nc1c(-c2ccccc2)c2cc(F)ccc2[nH]c1=O.N#Cc1cc(F)ccc1N.Nc1c(-c2ccccc2)c2cc(F)ccc2[nH]c1=O.Nc1ccc(F)cc1C(=O)c1ccccc1.O=C(/C=C/c1ccccc1)Nc1c(-c2ccccc2)c2cc(F)ccc2[nH]c1=O.O=C(O)/C=C/c1ccccc1.OC(O)c1ccccc1.[HH].[HH].[HH].[HH].[HH]. The second-order valence-corrected chi connectivity index (χ2v) is 33.6. The minimum Gasteiger partial charge on any atom is -0.478 e. The molecule has 4 amide bonds. The number of nitrogens with two attached hydrogens (primary N) is 3. The van der Waals surface area contributed by atoms with Crippen LogP contribution in [0.5, 0.6) is 0 Å². The van der Waals surface area contributed by atoms with E-state index >= 15 is 0 Å². The van der Waals surface area contributed by atoms with Crippen LogP contribution in [0.15, 0.2) is 378 Å². The Kier molecular flexibility index (Phi) is 39.6. The van der Waals surface area contributed by atoms with Crippen LogP contribution in [-0.4, -0.2) is 89.6 Å². The third-order valence-electron chi connectivity index (χ3n) is 20.3. The lowest BCUT2D eigenvalue weighted by atomic mass is 9.99. The fourth-order valence-corrected chi connectivity index (χ4v) is 13.8. The molecule has 17 rings (SSSR count). The van der Waals surface area contributed by atoms with Gasteiger partial charge in [0.15, 0.2) is 17.9 Å². The molecule has 16 N–H and O–H groups in total. The van der Waals surface area contributed by atoms with E-state index in [0.717, 1.165) is 47.0 Å². The molecule has 0 aliphatic carbocycles. The molecule has 14 aromatic carbocycles. The van der Waals surface area contributed by atoms with Gasteiger partial charge in [-0.05, 0) is 191 Å². The fourth-order valence-electron chi connectivity index (χ4n) is 13.8. The highest BCUT2D eigenvalue weighted by Gasteiger charge is 2.25. The number of aromatic amines is 3. The Bertz CT molecular complexity index is 7820. The number of rotatable bonds is 17. The maximum absolute atomic E-state index is 13.9. The van der Waals surface area contributed by atoms with Crippen molar-refractivity contribution in [2.75, 3.05) is 39.7 Å². The highest BCUT2D eigenvalue weighted by molar-refractivity contribution is 6.15. The zero-order chi connectivity index (χ0) is 106. The maximum Gasteiger partial charge on any atom is 0.412 e. The van der Waals surface area contributed by atoms with Crippen molar-refractivity contribution in [3.05, 3.63) is 474 Å². The number of carbonyl (C=O) groups excluding carboxylic acids is 6. The summed E-state index contributed by atoms with van der Waals surface area (Å²) in [6, 6.07) is 96.9. The Morgan fingerprint density at radius 1 is 0.401 bits per heavy atom. The molecular formula is C115H109F6N11O15. The molecule has 0 bridgehead atoms. The minimum absolute atomic E-state index is 0. The number of alkyl carbamates (subject to hydrolysis) is 1. The number of fused-ring (bicyclic) bond motifs is 3. The average molecular weight is 2000 g/mol. The molecule has 756 valence electrons. The fraction of sp³-hybridized carbons (Fsp3) is 0.0870. The first-order valence-electron chi connectivity index (χ1n) is 44.9. The number of carboxylic acid groups (broad SMARTS) is 1. The molecule has 0 saturated heterocycles. The summed E-state index contributed by atoms with van der Waals surface area (Å²) in [5.74, 6) is -5.37. The van der Waals surface area contributed by atoms with Crippen molar-refractivity contribution in [2.45, 2.75) is 59.0 Å². The molecule has 17 aromatic rings. The number of nitrogen functional groups attached to an aromatic ring is 3. The summed E-state index contributed by atoms with van der Waals surface area (Å²) in [7, 11) is 0. The first-order chi connectivity index (χ1) is 70.2. The summed E-state index contributed by atoms with van der Waals surface area (Å²) in [6.45, 7) is 9.93. The Balaban J connectivity index is 0.000000312. The molecule has 0 spiro atoms. The van der Waals surface area contributed by atoms with Crippen molar-refractivity contribution in [2.24, 2.45) is 0 Å². The zero-order valence-corrected chi connectivity index (χ0v) is 79.8. The second kappa shape index (κ2) is 52.9. The summed E-state index contributed by atoms with van der Waals surface area (Å²) in [4.78, 5) is 128. The predicted molar refractivity (Wildman–Crippen MR) is 571 cm³/mol. The van der Waals surface area contributed by atoms with Crippen LogP contribution < -0.4 is 55.1 Å². The van der Waals surface area contributed by atoms with Crippen LogP contribution in [0.2, 0.25) is 0 Å². The first kappa shape index (κ1) is 110. The number of nitrogens with zero attached hydrogens (tertiary/aromatic N) is 1. The Morgan fingerprint density at radius 3 is 1.16 bits per heavy atom. The second-order valence-electron chi connectivity index (χ2n) is 33.6. The number of hydrogen-bond acceptors (Lipinski definition) is 18. The number of nitrogens with one attached hydrogen (secondary N) is 7. The van der Waals surface area contributed by atoms with Gasteiger partial charge in [-0.3, -0.25) is 38.9 Å². The standard InChI is InChI=1S/C24H17FN2O2.C20H21FN2O4.C20H19FN2O3.C15H11FN2O.C13H10FNO.C9H8O2.C7H5FN2.C7H8O2.5H2/c25-18-12-13-20-19(15-18)22(17-9-5-2-6-10-17)23(24(29)26-20)27-21(28)14-11-16-7-3-1-4-8-16;1-20(2,3)27-19(26)22-12-17(24)23-16-10-9-14(21)11-15(16)18(25)13-7-5-4-6-8-13;1-20(2,3)26-19(25)23-17-16(12-7-5-4-6-8-12)14-11-13(21)9-10-15(14)22-18(17)24;16-10-6-7-12-11(8-10)13(14(17)15(19)18-12)9-4-2-1-3-5-9;14-10-6-7-12(15)11(8-10)13(16)9-4-2-1-3-5-9;10-9(11)7-6-8-4-2-1-3-5-8;8-6-1-2-7(10)5(3-6)4-9;8-7(9)6-4-2-1-3-5-6;;;;;/h1-15H,(H,26,29)(H,27,28);4-11H,12H2,1-3H3,(H,22,26)(H,23,24);4-11H,1-3H3,(H,22,24)(H,23,25);1-8H,17H2,(H,18,19);1-8H,15H2;1-7H,(H,10,11);1-3H,10H2;1-5,7-9H;5*1H/b14-11+;;;;;7-6+;;;;;;;. The minimum atomic E-state index is -1.34.